The number of carbonyl (C=O) groups excluding carboxylic acids is 5. The average Bonchev–Trinajstić information content (AvgIpc) is 3.16. The molecule has 54 heavy (non-hydrogen) atoms. The maximum atomic E-state index is 14.0. The van der Waals surface area contributed by atoms with E-state index in [2.05, 4.69) is 41.6 Å². The number of morpholine rings is 1. The van der Waals surface area contributed by atoms with E-state index in [-0.39, 0.29) is 86.6 Å². The van der Waals surface area contributed by atoms with Gasteiger partial charge in [0.05, 0.1) is 38.8 Å². The molecule has 0 aromatic rings. The van der Waals surface area contributed by atoms with Gasteiger partial charge in [-0.25, -0.2) is 4.79 Å². The van der Waals surface area contributed by atoms with Crippen LogP contribution in [-0.2, 0) is 33.4 Å². The molecule has 4 aliphatic rings. The number of nitrogens with one attached hydrogen (secondary N) is 3. The summed E-state index contributed by atoms with van der Waals surface area (Å²) in [6.45, 7) is 10.3. The van der Waals surface area contributed by atoms with Gasteiger partial charge in [-0.15, -0.1) is 0 Å². The lowest BCUT2D eigenvalue weighted by Crippen LogP contribution is -2.52. The van der Waals surface area contributed by atoms with Crippen LogP contribution >= 0.6 is 0 Å². The van der Waals surface area contributed by atoms with Gasteiger partial charge in [-0.1, -0.05) is 40.0 Å². The fraction of sp³-hybridized carbons (Fsp3) is 0.875. The highest BCUT2D eigenvalue weighted by Gasteiger charge is 2.33. The summed E-state index contributed by atoms with van der Waals surface area (Å²) in [7, 11) is 1.66. The summed E-state index contributed by atoms with van der Waals surface area (Å²) >= 11 is 0. The summed E-state index contributed by atoms with van der Waals surface area (Å²) in [5, 5.41) is 9.45. The Morgan fingerprint density at radius 1 is 0.815 bits per heavy atom. The van der Waals surface area contributed by atoms with Crippen LogP contribution in [0.25, 0.3) is 0 Å². The van der Waals surface area contributed by atoms with Crippen LogP contribution in [-0.4, -0.2) is 141 Å². The third-order valence-corrected chi connectivity index (χ3v) is 11.8. The van der Waals surface area contributed by atoms with Crippen LogP contribution in [0.1, 0.15) is 111 Å². The maximum absolute atomic E-state index is 14.0. The van der Waals surface area contributed by atoms with E-state index in [4.69, 9.17) is 14.2 Å². The number of hydrogen-bond acceptors (Lipinski definition) is 9. The van der Waals surface area contributed by atoms with Gasteiger partial charge in [-0.3, -0.25) is 24.1 Å². The van der Waals surface area contributed by atoms with Crippen LogP contribution in [0.4, 0.5) is 4.79 Å². The molecule has 308 valence electrons. The Hall–Kier alpha value is -2.97. The molecule has 4 rings (SSSR count). The monoisotopic (exact) mass is 763 g/mol. The van der Waals surface area contributed by atoms with Crippen molar-refractivity contribution in [2.45, 2.75) is 135 Å². The maximum Gasteiger partial charge on any atom is 0.315 e. The summed E-state index contributed by atoms with van der Waals surface area (Å²) in [5.41, 5.74) is 0. The van der Waals surface area contributed by atoms with Crippen molar-refractivity contribution >= 4 is 29.7 Å². The quantitative estimate of drug-likeness (QED) is 0.178. The molecule has 4 atom stereocenters. The molecule has 3 aliphatic carbocycles. The molecule has 0 spiro atoms. The van der Waals surface area contributed by atoms with Gasteiger partial charge >= 0.3 is 12.0 Å². The molecule has 0 bridgehead atoms. The molecule has 0 radical (unpaired) electrons. The summed E-state index contributed by atoms with van der Waals surface area (Å²) in [4.78, 5) is 72.0. The van der Waals surface area contributed by atoms with E-state index < -0.39 is 5.97 Å². The molecule has 1 heterocycles. The van der Waals surface area contributed by atoms with E-state index in [1.807, 2.05) is 0 Å². The fourth-order valence-electron chi connectivity index (χ4n) is 8.24. The minimum atomic E-state index is -0.410. The highest BCUT2D eigenvalue weighted by Crippen LogP contribution is 2.28. The van der Waals surface area contributed by atoms with Crippen molar-refractivity contribution in [3.05, 3.63) is 0 Å². The number of nitrogens with zero attached hydrogens (tertiary/aromatic N) is 3. The number of rotatable bonds is 18. The van der Waals surface area contributed by atoms with Crippen LogP contribution in [0, 0.1) is 17.8 Å². The lowest BCUT2D eigenvalue weighted by atomic mass is 9.86. The normalized spacial score (nSPS) is 26.4. The molecule has 0 aromatic heterocycles. The van der Waals surface area contributed by atoms with Crippen LogP contribution in [0.3, 0.4) is 0 Å². The Bertz CT molecular complexity index is 1190. The second-order valence-electron chi connectivity index (χ2n) is 16.5. The van der Waals surface area contributed by atoms with Gasteiger partial charge < -0.3 is 40.0 Å². The third kappa shape index (κ3) is 15.3. The molecule has 1 saturated heterocycles. The van der Waals surface area contributed by atoms with E-state index in [0.717, 1.165) is 70.9 Å². The van der Waals surface area contributed by atoms with E-state index in [1.165, 1.54) is 11.3 Å². The Balaban J connectivity index is 1.29. The van der Waals surface area contributed by atoms with Gasteiger partial charge in [0, 0.05) is 63.9 Å². The van der Waals surface area contributed by atoms with Crippen LogP contribution in [0.2, 0.25) is 0 Å². The van der Waals surface area contributed by atoms with Crippen molar-refractivity contribution in [1.29, 1.82) is 0 Å². The summed E-state index contributed by atoms with van der Waals surface area (Å²) < 4.78 is 16.5. The minimum Gasteiger partial charge on any atom is -0.464 e. The number of carbonyl (C=O) groups is 5. The van der Waals surface area contributed by atoms with E-state index in [1.54, 1.807) is 12.0 Å². The summed E-state index contributed by atoms with van der Waals surface area (Å²) in [6.07, 6.45) is 11.3. The number of amides is 5. The van der Waals surface area contributed by atoms with Crippen LogP contribution in [0.15, 0.2) is 0 Å². The zero-order valence-electron chi connectivity index (χ0n) is 33.6. The number of esters is 1. The standard InChI is InChI=1S/C40H70N6O8/c1-29(2)16-18-45(27-36(47)41-32-12-14-33(15-13-32)42-40(51)43-35-11-6-5-8-30(35)3)37(48)28-46(39(50)31-9-7-10-34(26-31)52-4)19-17-38(49)54-25-22-44-20-23-53-24-21-44/h29-35H,5-28H2,1-4H3,(H,41,47)(H2,42,43,51). The predicted molar refractivity (Wildman–Crippen MR) is 205 cm³/mol. The molecule has 4 unspecified atom stereocenters. The summed E-state index contributed by atoms with van der Waals surface area (Å²) in [6, 6.07) is 0.153. The van der Waals surface area contributed by atoms with E-state index in [9.17, 15) is 24.0 Å². The smallest absolute Gasteiger partial charge is 0.315 e. The van der Waals surface area contributed by atoms with Gasteiger partial charge in [0.15, 0.2) is 0 Å². The average molecular weight is 763 g/mol. The highest BCUT2D eigenvalue weighted by molar-refractivity contribution is 5.89. The van der Waals surface area contributed by atoms with Gasteiger partial charge in [-0.2, -0.15) is 0 Å². The largest absolute Gasteiger partial charge is 0.464 e. The molecule has 5 amide bonds. The Labute approximate surface area is 323 Å². The molecule has 14 nitrogen and oxygen atoms in total. The first-order chi connectivity index (χ1) is 26.0. The molecule has 3 N–H and O–H groups in total. The predicted octanol–water partition coefficient (Wildman–Crippen LogP) is 3.47. The van der Waals surface area contributed by atoms with Crippen molar-refractivity contribution in [3.8, 4) is 0 Å². The first-order valence-electron chi connectivity index (χ1n) is 20.9. The Morgan fingerprint density at radius 2 is 1.52 bits per heavy atom. The number of urea groups is 1. The second kappa shape index (κ2) is 23.2. The Morgan fingerprint density at radius 3 is 2.20 bits per heavy atom. The lowest BCUT2D eigenvalue weighted by molar-refractivity contribution is -0.149. The first kappa shape index (κ1) is 43.8. The molecular weight excluding hydrogens is 692 g/mol. The van der Waals surface area contributed by atoms with E-state index >= 15 is 0 Å². The lowest BCUT2D eigenvalue weighted by Gasteiger charge is -2.34. The zero-order valence-corrected chi connectivity index (χ0v) is 33.6. The van der Waals surface area contributed by atoms with Gasteiger partial charge in [0.2, 0.25) is 17.7 Å². The van der Waals surface area contributed by atoms with Gasteiger partial charge in [0.1, 0.15) is 6.61 Å². The molecular formula is C40H70N6O8. The molecule has 3 saturated carbocycles. The van der Waals surface area contributed by atoms with Gasteiger partial charge in [0.25, 0.3) is 0 Å². The first-order valence-corrected chi connectivity index (χ1v) is 20.9. The van der Waals surface area contributed by atoms with Crippen molar-refractivity contribution in [3.63, 3.8) is 0 Å². The zero-order chi connectivity index (χ0) is 38.9. The van der Waals surface area contributed by atoms with Crippen molar-refractivity contribution < 1.29 is 38.2 Å². The molecule has 0 aromatic carbocycles. The molecule has 1 aliphatic heterocycles. The fourth-order valence-corrected chi connectivity index (χ4v) is 8.24. The number of ether oxygens (including phenoxy) is 3. The van der Waals surface area contributed by atoms with Gasteiger partial charge in [-0.05, 0) is 76.0 Å². The summed E-state index contributed by atoms with van der Waals surface area (Å²) in [5.74, 6) is -0.615. The Kier molecular flexibility index (Phi) is 18.8. The topological polar surface area (TPSA) is 159 Å². The minimum absolute atomic E-state index is 0.0185. The number of hydrogen-bond donors (Lipinski definition) is 3. The molecule has 4 fully saturated rings. The SMILES string of the molecule is COC1CCCC(C(=O)N(CCC(=O)OCCN2CCOCC2)CC(=O)N(CCC(C)C)CC(=O)NC2CCC(NC(=O)NC3CCCCC3C)CC2)C1. The third-order valence-electron chi connectivity index (χ3n) is 11.8. The second-order valence-corrected chi connectivity index (χ2v) is 16.5. The van der Waals surface area contributed by atoms with Crippen molar-refractivity contribution in [2.75, 3.05) is 72.7 Å². The van der Waals surface area contributed by atoms with Crippen molar-refractivity contribution in [1.82, 2.24) is 30.7 Å². The number of methoxy groups -OCH3 is 1. The van der Waals surface area contributed by atoms with Crippen LogP contribution in [0.5, 0.6) is 0 Å². The van der Waals surface area contributed by atoms with E-state index in [0.29, 0.717) is 57.4 Å². The van der Waals surface area contributed by atoms with Crippen LogP contribution < -0.4 is 16.0 Å². The molecule has 14 heteroatoms. The highest BCUT2D eigenvalue weighted by atomic mass is 16.5. The van der Waals surface area contributed by atoms with Crippen molar-refractivity contribution in [2.24, 2.45) is 17.8 Å².